The van der Waals surface area contributed by atoms with Crippen LogP contribution >= 0.6 is 0 Å². The molecule has 0 aliphatic rings. The van der Waals surface area contributed by atoms with E-state index in [1.54, 1.807) is 12.1 Å². The van der Waals surface area contributed by atoms with Crippen molar-refractivity contribution in [3.63, 3.8) is 0 Å². The summed E-state index contributed by atoms with van der Waals surface area (Å²) in [7, 11) is -1.31. The van der Waals surface area contributed by atoms with E-state index >= 15 is 0 Å². The maximum atomic E-state index is 13.0. The molecule has 0 saturated heterocycles. The normalized spacial score (nSPS) is 12.5. The molecule has 0 saturated carbocycles. The van der Waals surface area contributed by atoms with Crippen LogP contribution in [0.5, 0.6) is 5.75 Å². The van der Waals surface area contributed by atoms with Crippen LogP contribution in [0.25, 0.3) is 0 Å². The third kappa shape index (κ3) is 5.14. The van der Waals surface area contributed by atoms with Crippen LogP contribution in [0.4, 0.5) is 4.39 Å². The number of hydrogen-bond acceptors (Lipinski definition) is 6. The van der Waals surface area contributed by atoms with Crippen LogP contribution < -0.4 is 4.74 Å². The van der Waals surface area contributed by atoms with E-state index in [1.807, 2.05) is 0 Å². The van der Waals surface area contributed by atoms with Crippen molar-refractivity contribution in [3.8, 4) is 5.75 Å². The highest BCUT2D eigenvalue weighted by atomic mass is 32.2. The number of benzene rings is 2. The number of halogens is 1. The number of sulfonamides is 1. The van der Waals surface area contributed by atoms with Gasteiger partial charge in [0.15, 0.2) is 6.10 Å². The topological polar surface area (TPSA) is 90.0 Å². The Morgan fingerprint density at radius 1 is 1.07 bits per heavy atom. The average Bonchev–Trinajstić information content (AvgIpc) is 2.67. The fraction of sp³-hybridized carbons (Fsp3) is 0.263. The van der Waals surface area contributed by atoms with Gasteiger partial charge in [-0.15, -0.1) is 0 Å². The molecule has 0 aliphatic heterocycles. The van der Waals surface area contributed by atoms with Crippen LogP contribution in [0, 0.1) is 5.82 Å². The molecule has 0 bridgehead atoms. The molecule has 2 aromatic carbocycles. The molecule has 2 rings (SSSR count). The number of ketones is 1. The van der Waals surface area contributed by atoms with Crippen LogP contribution in [0.2, 0.25) is 0 Å². The monoisotopic (exact) mass is 409 g/mol. The highest BCUT2D eigenvalue weighted by Gasteiger charge is 2.26. The number of carbonyl (C=O) groups is 2. The molecule has 0 radical (unpaired) electrons. The van der Waals surface area contributed by atoms with Gasteiger partial charge < -0.3 is 9.47 Å². The highest BCUT2D eigenvalue weighted by molar-refractivity contribution is 7.89. The van der Waals surface area contributed by atoms with Crippen molar-refractivity contribution in [3.05, 3.63) is 59.9 Å². The number of esters is 1. The summed E-state index contributed by atoms with van der Waals surface area (Å²) in [6.45, 7) is 0.804. The van der Waals surface area contributed by atoms with E-state index in [2.05, 4.69) is 0 Å². The van der Waals surface area contributed by atoms with Gasteiger partial charge in [0.05, 0.1) is 12.0 Å². The summed E-state index contributed by atoms with van der Waals surface area (Å²) >= 11 is 0. The molecule has 0 unspecified atom stereocenters. The first kappa shape index (κ1) is 21.5. The Balaban J connectivity index is 1.99. The van der Waals surface area contributed by atoms with Crippen molar-refractivity contribution in [1.29, 1.82) is 0 Å². The van der Waals surface area contributed by atoms with Crippen molar-refractivity contribution in [2.24, 2.45) is 0 Å². The zero-order valence-electron chi connectivity index (χ0n) is 15.6. The molecule has 0 aromatic heterocycles. The first-order chi connectivity index (χ1) is 13.1. The van der Waals surface area contributed by atoms with E-state index < -0.39 is 40.2 Å². The minimum absolute atomic E-state index is 0.161. The van der Waals surface area contributed by atoms with E-state index in [0.29, 0.717) is 11.3 Å². The second kappa shape index (κ2) is 8.94. The zero-order valence-corrected chi connectivity index (χ0v) is 16.4. The molecular weight excluding hydrogens is 389 g/mol. The first-order valence-corrected chi connectivity index (χ1v) is 9.69. The number of carbonyl (C=O) groups excluding carboxylic acids is 2. The largest absolute Gasteiger partial charge is 0.497 e. The van der Waals surface area contributed by atoms with Crippen molar-refractivity contribution in [2.75, 3.05) is 20.7 Å². The lowest BCUT2D eigenvalue weighted by Crippen LogP contribution is -2.35. The van der Waals surface area contributed by atoms with Crippen LogP contribution in [-0.2, 0) is 19.6 Å². The Labute approximate surface area is 162 Å². The summed E-state index contributed by atoms with van der Waals surface area (Å²) in [6, 6.07) is 10.5. The quantitative estimate of drug-likeness (QED) is 0.491. The predicted octanol–water partition coefficient (Wildman–Crippen LogP) is 2.27. The van der Waals surface area contributed by atoms with Gasteiger partial charge >= 0.3 is 5.97 Å². The molecule has 0 aliphatic carbocycles. The highest BCUT2D eigenvalue weighted by Crippen LogP contribution is 2.16. The molecule has 0 amide bonds. The molecule has 0 N–H and O–H groups in total. The standard InChI is InChI=1S/C19H20FNO6S/c1-13(19(23)14-4-8-16(26-3)9-5-14)27-18(22)12-21(2)28(24,25)17-10-6-15(20)7-11-17/h4-11,13H,12H2,1-3H3/t13-/m1/s1. The number of methoxy groups -OCH3 is 1. The van der Waals surface area contributed by atoms with Gasteiger partial charge in [0.25, 0.3) is 0 Å². The number of Topliss-reactive ketones (excluding diaryl/α,β-unsaturated/α-hetero) is 1. The maximum absolute atomic E-state index is 13.0. The van der Waals surface area contributed by atoms with Crippen molar-refractivity contribution in [2.45, 2.75) is 17.9 Å². The van der Waals surface area contributed by atoms with Gasteiger partial charge in [-0.25, -0.2) is 12.8 Å². The van der Waals surface area contributed by atoms with Gasteiger partial charge in [0, 0.05) is 12.6 Å². The number of nitrogens with zero attached hydrogens (tertiary/aromatic N) is 1. The summed E-state index contributed by atoms with van der Waals surface area (Å²) in [4.78, 5) is 24.2. The van der Waals surface area contributed by atoms with Gasteiger partial charge in [-0.2, -0.15) is 4.31 Å². The average molecular weight is 409 g/mol. The van der Waals surface area contributed by atoms with Gasteiger partial charge in [0.2, 0.25) is 15.8 Å². The third-order valence-electron chi connectivity index (χ3n) is 3.93. The van der Waals surface area contributed by atoms with E-state index in [0.717, 1.165) is 28.6 Å². The van der Waals surface area contributed by atoms with E-state index in [9.17, 15) is 22.4 Å². The van der Waals surface area contributed by atoms with Gasteiger partial charge in [-0.3, -0.25) is 9.59 Å². The van der Waals surface area contributed by atoms with E-state index in [1.165, 1.54) is 33.2 Å². The third-order valence-corrected chi connectivity index (χ3v) is 5.74. The molecule has 2 aromatic rings. The Hall–Kier alpha value is -2.78. The zero-order chi connectivity index (χ0) is 20.9. The molecular formula is C19H20FNO6S. The van der Waals surface area contributed by atoms with Crippen LogP contribution in [0.15, 0.2) is 53.4 Å². The van der Waals surface area contributed by atoms with Crippen LogP contribution in [0.1, 0.15) is 17.3 Å². The van der Waals surface area contributed by atoms with Gasteiger partial charge in [0.1, 0.15) is 18.1 Å². The fourth-order valence-electron chi connectivity index (χ4n) is 2.33. The van der Waals surface area contributed by atoms with Crippen molar-refractivity contribution in [1.82, 2.24) is 4.31 Å². The molecule has 28 heavy (non-hydrogen) atoms. The molecule has 150 valence electrons. The summed E-state index contributed by atoms with van der Waals surface area (Å²) < 4.78 is 48.6. The van der Waals surface area contributed by atoms with Gasteiger partial charge in [-0.05, 0) is 55.5 Å². The number of rotatable bonds is 8. The number of hydrogen-bond donors (Lipinski definition) is 0. The first-order valence-electron chi connectivity index (χ1n) is 8.25. The summed E-state index contributed by atoms with van der Waals surface area (Å²) in [5, 5.41) is 0. The van der Waals surface area contributed by atoms with Crippen molar-refractivity contribution >= 4 is 21.8 Å². The van der Waals surface area contributed by atoms with Gasteiger partial charge in [-0.1, -0.05) is 0 Å². The molecule has 0 spiro atoms. The minimum Gasteiger partial charge on any atom is -0.497 e. The Bertz CT molecular complexity index is 941. The fourth-order valence-corrected chi connectivity index (χ4v) is 3.45. The minimum atomic E-state index is -4.00. The summed E-state index contributed by atoms with van der Waals surface area (Å²) in [6.07, 6.45) is -1.09. The molecule has 0 fully saturated rings. The molecule has 1 atom stereocenters. The molecule has 0 heterocycles. The van der Waals surface area contributed by atoms with E-state index in [-0.39, 0.29) is 4.90 Å². The summed E-state index contributed by atoms with van der Waals surface area (Å²) in [5.41, 5.74) is 0.327. The Morgan fingerprint density at radius 2 is 1.64 bits per heavy atom. The number of ether oxygens (including phenoxy) is 2. The predicted molar refractivity (Wildman–Crippen MR) is 99.1 cm³/mol. The SMILES string of the molecule is COc1ccc(C(=O)[C@@H](C)OC(=O)CN(C)S(=O)(=O)c2ccc(F)cc2)cc1. The Kier molecular flexibility index (Phi) is 6.87. The summed E-state index contributed by atoms with van der Waals surface area (Å²) in [5.74, 6) is -1.32. The second-order valence-corrected chi connectivity index (χ2v) is 7.98. The number of likely N-dealkylation sites (N-methyl/N-ethyl adjacent to an activating group) is 1. The van der Waals surface area contributed by atoms with Crippen LogP contribution in [0.3, 0.4) is 0 Å². The molecule has 9 heteroatoms. The lowest BCUT2D eigenvalue weighted by Gasteiger charge is -2.18. The van der Waals surface area contributed by atoms with Crippen molar-refractivity contribution < 1.29 is 31.9 Å². The van der Waals surface area contributed by atoms with E-state index in [4.69, 9.17) is 9.47 Å². The molecule has 7 nitrogen and oxygen atoms in total. The lowest BCUT2D eigenvalue weighted by molar-refractivity contribution is -0.146. The lowest BCUT2D eigenvalue weighted by atomic mass is 10.1. The Morgan fingerprint density at radius 3 is 2.18 bits per heavy atom. The second-order valence-electron chi connectivity index (χ2n) is 5.94. The smallest absolute Gasteiger partial charge is 0.322 e. The van der Waals surface area contributed by atoms with Crippen LogP contribution in [-0.4, -0.2) is 51.3 Å². The maximum Gasteiger partial charge on any atom is 0.322 e.